The van der Waals surface area contributed by atoms with Crippen LogP contribution in [-0.2, 0) is 11.8 Å². The molecular weight excluding hydrogens is 340 g/mol. The van der Waals surface area contributed by atoms with Gasteiger partial charge in [0, 0.05) is 6.54 Å². The number of rotatable bonds is 9. The lowest BCUT2D eigenvalue weighted by molar-refractivity contribution is 0.294. The Bertz CT molecular complexity index is 664. The number of halogens is 1. The van der Waals surface area contributed by atoms with Gasteiger partial charge in [0.05, 0.1) is 11.5 Å². The maximum atomic E-state index is 9.95. The van der Waals surface area contributed by atoms with E-state index in [1.54, 1.807) is 0 Å². The summed E-state index contributed by atoms with van der Waals surface area (Å²) >= 11 is 0. The highest BCUT2D eigenvalue weighted by molar-refractivity contribution is 5.85. The lowest BCUT2D eigenvalue weighted by atomic mass is 9.70. The van der Waals surface area contributed by atoms with Gasteiger partial charge in [-0.1, -0.05) is 74.5 Å². The fourth-order valence-corrected chi connectivity index (χ4v) is 3.46. The minimum Gasteiger partial charge on any atom is -0.306 e. The zero-order valence-corrected chi connectivity index (χ0v) is 17.0. The van der Waals surface area contributed by atoms with Crippen molar-refractivity contribution in [3.63, 3.8) is 0 Å². The van der Waals surface area contributed by atoms with Gasteiger partial charge in [0.2, 0.25) is 0 Å². The maximum Gasteiger partial charge on any atom is 0.0845 e. The van der Waals surface area contributed by atoms with Crippen LogP contribution >= 0.6 is 12.4 Å². The molecule has 3 heteroatoms. The Balaban J connectivity index is 0.00000338. The number of likely N-dealkylation sites (N-methyl/N-ethyl adjacent to an activating group) is 1. The van der Waals surface area contributed by atoms with Gasteiger partial charge < -0.3 is 4.90 Å². The van der Waals surface area contributed by atoms with Crippen molar-refractivity contribution in [2.45, 2.75) is 38.5 Å². The number of nitrogens with zero attached hydrogens (tertiary/aromatic N) is 2. The van der Waals surface area contributed by atoms with Crippen molar-refractivity contribution in [3.05, 3.63) is 71.8 Å². The van der Waals surface area contributed by atoms with Gasteiger partial charge in [0.1, 0.15) is 0 Å². The molecule has 2 aromatic carbocycles. The van der Waals surface area contributed by atoms with E-state index in [4.69, 9.17) is 0 Å². The molecule has 2 aromatic rings. The minimum atomic E-state index is -0.387. The van der Waals surface area contributed by atoms with Crippen molar-refractivity contribution in [1.29, 1.82) is 5.26 Å². The van der Waals surface area contributed by atoms with E-state index in [-0.39, 0.29) is 17.8 Å². The number of nitriles is 1. The van der Waals surface area contributed by atoms with E-state index in [0.717, 1.165) is 37.9 Å². The number of benzene rings is 2. The summed E-state index contributed by atoms with van der Waals surface area (Å²) < 4.78 is 0. The SMILES string of the molecule is CC(C)[C@](C#N)(CCCN(C)CCc1ccccc1)c1ccccc1.Cl. The van der Waals surface area contributed by atoms with Gasteiger partial charge in [-0.25, -0.2) is 0 Å². The maximum absolute atomic E-state index is 9.95. The van der Waals surface area contributed by atoms with E-state index in [1.165, 1.54) is 5.56 Å². The quantitative estimate of drug-likeness (QED) is 0.584. The zero-order chi connectivity index (χ0) is 18.1. The Morgan fingerprint density at radius 2 is 1.54 bits per heavy atom. The van der Waals surface area contributed by atoms with Gasteiger partial charge >= 0.3 is 0 Å². The van der Waals surface area contributed by atoms with E-state index in [1.807, 2.05) is 18.2 Å². The summed E-state index contributed by atoms with van der Waals surface area (Å²) in [7, 11) is 2.18. The predicted octanol–water partition coefficient (Wildman–Crippen LogP) is 5.48. The molecule has 0 aliphatic heterocycles. The molecule has 0 fully saturated rings. The van der Waals surface area contributed by atoms with Crippen LogP contribution in [0.15, 0.2) is 60.7 Å². The molecule has 0 spiro atoms. The second-order valence-electron chi connectivity index (χ2n) is 7.25. The van der Waals surface area contributed by atoms with Crippen molar-refractivity contribution in [2.24, 2.45) is 5.92 Å². The molecule has 1 atom stereocenters. The highest BCUT2D eigenvalue weighted by Crippen LogP contribution is 2.36. The molecule has 0 saturated heterocycles. The van der Waals surface area contributed by atoms with Crippen molar-refractivity contribution < 1.29 is 0 Å². The second-order valence-corrected chi connectivity index (χ2v) is 7.25. The molecule has 0 aliphatic carbocycles. The smallest absolute Gasteiger partial charge is 0.0845 e. The third-order valence-corrected chi connectivity index (χ3v) is 5.21. The van der Waals surface area contributed by atoms with Gasteiger partial charge in [-0.2, -0.15) is 5.26 Å². The fourth-order valence-electron chi connectivity index (χ4n) is 3.46. The van der Waals surface area contributed by atoms with Crippen molar-refractivity contribution >= 4 is 12.4 Å². The van der Waals surface area contributed by atoms with Crippen LogP contribution in [0.2, 0.25) is 0 Å². The standard InChI is InChI=1S/C23H30N2.ClH/c1-20(2)23(19-24,22-13-8-5-9-14-22)16-10-17-25(3)18-15-21-11-6-4-7-12-21;/h4-9,11-14,20H,10,15-18H2,1-3H3;1H/t23-;/m1./s1. The Kier molecular flexibility index (Phi) is 9.41. The van der Waals surface area contributed by atoms with Crippen LogP contribution in [0, 0.1) is 17.2 Å². The summed E-state index contributed by atoms with van der Waals surface area (Å²) in [6.45, 7) is 6.40. The molecule has 0 radical (unpaired) electrons. The largest absolute Gasteiger partial charge is 0.306 e. The third kappa shape index (κ3) is 5.87. The molecule has 2 nitrogen and oxygen atoms in total. The van der Waals surface area contributed by atoms with Crippen molar-refractivity contribution in [1.82, 2.24) is 4.90 Å². The van der Waals surface area contributed by atoms with Gasteiger partial charge in [0.25, 0.3) is 0 Å². The van der Waals surface area contributed by atoms with Crippen LogP contribution in [0.1, 0.15) is 37.8 Å². The lowest BCUT2D eigenvalue weighted by Gasteiger charge is -2.32. The molecule has 0 bridgehead atoms. The first-order valence-electron chi connectivity index (χ1n) is 9.28. The highest BCUT2D eigenvalue weighted by atomic mass is 35.5. The van der Waals surface area contributed by atoms with Gasteiger partial charge in [-0.05, 0) is 49.9 Å². The normalized spacial score (nSPS) is 13.1. The lowest BCUT2D eigenvalue weighted by Crippen LogP contribution is -2.32. The highest BCUT2D eigenvalue weighted by Gasteiger charge is 2.35. The summed E-state index contributed by atoms with van der Waals surface area (Å²) in [5.41, 5.74) is 2.15. The van der Waals surface area contributed by atoms with Gasteiger partial charge in [-0.15, -0.1) is 12.4 Å². The Labute approximate surface area is 165 Å². The molecule has 2 rings (SSSR count). The minimum absolute atomic E-state index is 0. The molecule has 0 aliphatic rings. The Morgan fingerprint density at radius 1 is 0.962 bits per heavy atom. The monoisotopic (exact) mass is 370 g/mol. The van der Waals surface area contributed by atoms with Crippen molar-refractivity contribution in [3.8, 4) is 6.07 Å². The van der Waals surface area contributed by atoms with E-state index in [2.05, 4.69) is 74.3 Å². The van der Waals surface area contributed by atoms with Crippen LogP contribution in [0.4, 0.5) is 0 Å². The van der Waals surface area contributed by atoms with Crippen LogP contribution in [0.3, 0.4) is 0 Å². The van der Waals surface area contributed by atoms with Crippen LogP contribution in [-0.4, -0.2) is 25.0 Å². The summed E-state index contributed by atoms with van der Waals surface area (Å²) in [5, 5.41) is 9.95. The van der Waals surface area contributed by atoms with Crippen LogP contribution in [0.5, 0.6) is 0 Å². The predicted molar refractivity (Wildman–Crippen MR) is 113 cm³/mol. The molecule has 0 saturated carbocycles. The van der Waals surface area contributed by atoms with Gasteiger partial charge in [-0.3, -0.25) is 0 Å². The van der Waals surface area contributed by atoms with Crippen LogP contribution in [0.25, 0.3) is 0 Å². The van der Waals surface area contributed by atoms with Crippen LogP contribution < -0.4 is 0 Å². The molecule has 26 heavy (non-hydrogen) atoms. The first-order valence-corrected chi connectivity index (χ1v) is 9.28. The second kappa shape index (κ2) is 11.0. The molecule has 0 aromatic heterocycles. The fraction of sp³-hybridized carbons (Fsp3) is 0.435. The number of hydrogen-bond acceptors (Lipinski definition) is 2. The first-order chi connectivity index (χ1) is 12.1. The van der Waals surface area contributed by atoms with E-state index in [0.29, 0.717) is 5.92 Å². The van der Waals surface area contributed by atoms with Gasteiger partial charge in [0.15, 0.2) is 0 Å². The summed E-state index contributed by atoms with van der Waals surface area (Å²) in [4.78, 5) is 2.38. The average Bonchev–Trinajstić information content (AvgIpc) is 2.65. The molecule has 0 heterocycles. The molecule has 0 unspecified atom stereocenters. The van der Waals surface area contributed by atoms with E-state index in [9.17, 15) is 5.26 Å². The number of hydrogen-bond donors (Lipinski definition) is 0. The van der Waals surface area contributed by atoms with E-state index >= 15 is 0 Å². The summed E-state index contributed by atoms with van der Waals surface area (Å²) in [5.74, 6) is 0.300. The molecule has 140 valence electrons. The topological polar surface area (TPSA) is 27.0 Å². The van der Waals surface area contributed by atoms with E-state index < -0.39 is 0 Å². The van der Waals surface area contributed by atoms with Crippen molar-refractivity contribution in [2.75, 3.05) is 20.1 Å². The summed E-state index contributed by atoms with van der Waals surface area (Å²) in [6, 6.07) is 23.6. The first kappa shape index (κ1) is 22.2. The summed E-state index contributed by atoms with van der Waals surface area (Å²) in [6.07, 6.45) is 3.01. The zero-order valence-electron chi connectivity index (χ0n) is 16.2. The Hall–Kier alpha value is -1.82. The average molecular weight is 371 g/mol. The Morgan fingerprint density at radius 3 is 2.08 bits per heavy atom. The molecular formula is C23H31ClN2. The molecule has 0 N–H and O–H groups in total. The molecule has 0 amide bonds. The third-order valence-electron chi connectivity index (χ3n) is 5.21.